The molecule has 2 aromatic rings. The molecular weight excluding hydrogens is 194 g/mol. The Morgan fingerprint density at radius 3 is 2.20 bits per heavy atom. The molecule has 0 N–H and O–H groups in total. The largest absolute Gasteiger partial charge is 0.206 e. The summed E-state index contributed by atoms with van der Waals surface area (Å²) in [5.74, 6) is -0.760. The van der Waals surface area contributed by atoms with E-state index in [1.54, 1.807) is 43.3 Å². The number of benzene rings is 2. The average Bonchev–Trinajstić information content (AvgIpc) is 2.23. The molecule has 0 unspecified atom stereocenters. The maximum absolute atomic E-state index is 13.7. The van der Waals surface area contributed by atoms with Crippen molar-refractivity contribution in [2.24, 2.45) is 0 Å². The van der Waals surface area contributed by atoms with E-state index in [1.165, 1.54) is 6.07 Å². The molecule has 15 heavy (non-hydrogen) atoms. The number of aryl methyl sites for hydroxylation is 1. The highest BCUT2D eigenvalue weighted by atomic mass is 19.1. The van der Waals surface area contributed by atoms with Crippen LogP contribution in [0.25, 0.3) is 11.1 Å². The van der Waals surface area contributed by atoms with Crippen LogP contribution in [0.4, 0.5) is 8.78 Å². The van der Waals surface area contributed by atoms with Crippen LogP contribution in [0.15, 0.2) is 42.5 Å². The first-order valence-electron chi connectivity index (χ1n) is 4.70. The first-order valence-corrected chi connectivity index (χ1v) is 4.70. The van der Waals surface area contributed by atoms with E-state index in [1.807, 2.05) is 0 Å². The zero-order valence-electron chi connectivity index (χ0n) is 8.30. The van der Waals surface area contributed by atoms with Gasteiger partial charge in [-0.2, -0.15) is 0 Å². The minimum Gasteiger partial charge on any atom is -0.206 e. The highest BCUT2D eigenvalue weighted by Crippen LogP contribution is 2.26. The minimum atomic E-state index is -0.401. The van der Waals surface area contributed by atoms with Gasteiger partial charge in [-0.15, -0.1) is 0 Å². The van der Waals surface area contributed by atoms with Gasteiger partial charge in [0.1, 0.15) is 11.6 Å². The van der Waals surface area contributed by atoms with Crippen molar-refractivity contribution in [3.05, 3.63) is 59.7 Å². The predicted octanol–water partition coefficient (Wildman–Crippen LogP) is 3.94. The van der Waals surface area contributed by atoms with E-state index in [0.717, 1.165) is 0 Å². The van der Waals surface area contributed by atoms with Crippen LogP contribution in [0.2, 0.25) is 0 Å². The smallest absolute Gasteiger partial charge is 0.134 e. The Kier molecular flexibility index (Phi) is 2.50. The van der Waals surface area contributed by atoms with Crippen molar-refractivity contribution in [3.8, 4) is 11.1 Å². The maximum atomic E-state index is 13.7. The third kappa shape index (κ3) is 1.75. The third-order valence-corrected chi connectivity index (χ3v) is 2.36. The normalized spacial score (nSPS) is 10.3. The lowest BCUT2D eigenvalue weighted by Crippen LogP contribution is -1.90. The van der Waals surface area contributed by atoms with Crippen molar-refractivity contribution in [3.63, 3.8) is 0 Å². The lowest BCUT2D eigenvalue weighted by Gasteiger charge is -2.06. The fourth-order valence-electron chi connectivity index (χ4n) is 1.54. The molecule has 0 bridgehead atoms. The van der Waals surface area contributed by atoms with Crippen molar-refractivity contribution in [1.29, 1.82) is 0 Å². The van der Waals surface area contributed by atoms with E-state index < -0.39 is 5.82 Å². The number of hydrogen-bond acceptors (Lipinski definition) is 0. The molecule has 0 saturated carbocycles. The number of rotatable bonds is 1. The molecule has 0 amide bonds. The lowest BCUT2D eigenvalue weighted by molar-refractivity contribution is 0.611. The van der Waals surface area contributed by atoms with Gasteiger partial charge in [-0.05, 0) is 18.6 Å². The van der Waals surface area contributed by atoms with E-state index in [0.29, 0.717) is 16.7 Å². The zero-order chi connectivity index (χ0) is 10.8. The van der Waals surface area contributed by atoms with E-state index in [2.05, 4.69) is 0 Å². The van der Waals surface area contributed by atoms with E-state index in [-0.39, 0.29) is 5.82 Å². The Hall–Kier alpha value is -1.70. The van der Waals surface area contributed by atoms with Crippen LogP contribution in [0, 0.1) is 18.6 Å². The number of hydrogen-bond donors (Lipinski definition) is 0. The predicted molar refractivity (Wildman–Crippen MR) is 56.5 cm³/mol. The lowest BCUT2D eigenvalue weighted by atomic mass is 10.0. The summed E-state index contributed by atoms with van der Waals surface area (Å²) in [4.78, 5) is 0. The van der Waals surface area contributed by atoms with Crippen molar-refractivity contribution in [2.75, 3.05) is 0 Å². The molecule has 76 valence electrons. The molecule has 0 aliphatic rings. The van der Waals surface area contributed by atoms with Gasteiger partial charge >= 0.3 is 0 Å². The molecule has 2 heteroatoms. The van der Waals surface area contributed by atoms with E-state index in [4.69, 9.17) is 0 Å². The Morgan fingerprint density at radius 1 is 0.800 bits per heavy atom. The van der Waals surface area contributed by atoms with Crippen LogP contribution < -0.4 is 0 Å². The van der Waals surface area contributed by atoms with Gasteiger partial charge in [-0.25, -0.2) is 8.78 Å². The van der Waals surface area contributed by atoms with Gasteiger partial charge in [0.05, 0.1) is 0 Å². The fourth-order valence-corrected chi connectivity index (χ4v) is 1.54. The van der Waals surface area contributed by atoms with Gasteiger partial charge in [0.25, 0.3) is 0 Å². The molecule has 0 atom stereocenters. The van der Waals surface area contributed by atoms with Gasteiger partial charge in [0.2, 0.25) is 0 Å². The summed E-state index contributed by atoms with van der Waals surface area (Å²) in [7, 11) is 0. The second-order valence-corrected chi connectivity index (χ2v) is 3.42. The average molecular weight is 204 g/mol. The zero-order valence-corrected chi connectivity index (χ0v) is 8.30. The van der Waals surface area contributed by atoms with Gasteiger partial charge in [-0.1, -0.05) is 36.4 Å². The molecule has 0 saturated heterocycles. The van der Waals surface area contributed by atoms with Gasteiger partial charge < -0.3 is 0 Å². The van der Waals surface area contributed by atoms with E-state index >= 15 is 0 Å². The summed E-state index contributed by atoms with van der Waals surface area (Å²) in [6.45, 7) is 1.67. The second kappa shape index (κ2) is 3.81. The van der Waals surface area contributed by atoms with Crippen LogP contribution in [-0.4, -0.2) is 0 Å². The molecule has 0 spiro atoms. The topological polar surface area (TPSA) is 0 Å². The minimum absolute atomic E-state index is 0.304. The molecule has 0 aromatic heterocycles. The van der Waals surface area contributed by atoms with Crippen molar-refractivity contribution in [2.45, 2.75) is 6.92 Å². The molecule has 0 fully saturated rings. The molecule has 0 aliphatic heterocycles. The quantitative estimate of drug-likeness (QED) is 0.660. The van der Waals surface area contributed by atoms with Crippen molar-refractivity contribution in [1.82, 2.24) is 0 Å². The molecule has 2 rings (SSSR count). The SMILES string of the molecule is Cc1cccc(-c2ccccc2F)c1F. The summed E-state index contributed by atoms with van der Waals surface area (Å²) in [5, 5.41) is 0. The summed E-state index contributed by atoms with van der Waals surface area (Å²) in [6, 6.07) is 11.2. The van der Waals surface area contributed by atoms with E-state index in [9.17, 15) is 8.78 Å². The third-order valence-electron chi connectivity index (χ3n) is 2.36. The molecule has 0 heterocycles. The van der Waals surface area contributed by atoms with Crippen molar-refractivity contribution < 1.29 is 8.78 Å². The van der Waals surface area contributed by atoms with Gasteiger partial charge in [0, 0.05) is 11.1 Å². The Morgan fingerprint density at radius 2 is 1.47 bits per heavy atom. The highest BCUT2D eigenvalue weighted by molar-refractivity contribution is 5.65. The first kappa shape index (κ1) is 9.84. The molecule has 0 nitrogen and oxygen atoms in total. The van der Waals surface area contributed by atoms with Crippen molar-refractivity contribution >= 4 is 0 Å². The summed E-state index contributed by atoms with van der Waals surface area (Å²) in [5.41, 5.74) is 1.14. The van der Waals surface area contributed by atoms with Crippen LogP contribution >= 0.6 is 0 Å². The molecule has 2 aromatic carbocycles. The summed E-state index contributed by atoms with van der Waals surface area (Å²) in [6.07, 6.45) is 0. The van der Waals surface area contributed by atoms with Crippen LogP contribution in [0.1, 0.15) is 5.56 Å². The fraction of sp³-hybridized carbons (Fsp3) is 0.0769. The van der Waals surface area contributed by atoms with Crippen LogP contribution in [-0.2, 0) is 0 Å². The molecule has 0 radical (unpaired) electrons. The number of halogens is 2. The maximum Gasteiger partial charge on any atom is 0.134 e. The summed E-state index contributed by atoms with van der Waals surface area (Å²) < 4.78 is 27.1. The van der Waals surface area contributed by atoms with Gasteiger partial charge in [0.15, 0.2) is 0 Å². The Labute approximate surface area is 87.2 Å². The molecule has 0 aliphatic carbocycles. The van der Waals surface area contributed by atoms with Crippen LogP contribution in [0.3, 0.4) is 0 Å². The summed E-state index contributed by atoms with van der Waals surface area (Å²) >= 11 is 0. The standard InChI is InChI=1S/C13H10F2/c1-9-5-4-7-11(13(9)15)10-6-2-3-8-12(10)14/h2-8H,1H3. The Bertz CT molecular complexity index is 490. The Balaban J connectivity index is 2.65. The second-order valence-electron chi connectivity index (χ2n) is 3.42. The monoisotopic (exact) mass is 204 g/mol. The molecular formula is C13H10F2. The van der Waals surface area contributed by atoms with Crippen LogP contribution in [0.5, 0.6) is 0 Å². The highest BCUT2D eigenvalue weighted by Gasteiger charge is 2.10. The first-order chi connectivity index (χ1) is 7.20. The van der Waals surface area contributed by atoms with Gasteiger partial charge in [-0.3, -0.25) is 0 Å².